The molecule has 3 aromatic heterocycles. The number of furan rings is 3. The van der Waals surface area contributed by atoms with Crippen molar-refractivity contribution in [2.75, 3.05) is 21.3 Å². The molecule has 36 atom stereocenters. The minimum atomic E-state index is -1.96. The summed E-state index contributed by atoms with van der Waals surface area (Å²) in [5, 5.41) is 51.6. The van der Waals surface area contributed by atoms with Crippen LogP contribution in [0.15, 0.2) is 106 Å². The van der Waals surface area contributed by atoms with Crippen LogP contribution in [0.25, 0.3) is 0 Å². The zero-order valence-corrected chi connectivity index (χ0v) is 77.5. The molecule has 12 heterocycles. The zero-order valence-electron chi connectivity index (χ0n) is 77.5. The van der Waals surface area contributed by atoms with E-state index in [0.717, 1.165) is 0 Å². The highest BCUT2D eigenvalue weighted by atomic mass is 17.0. The molecule has 130 heavy (non-hydrogen) atoms. The topological polar surface area (TPSA) is 405 Å². The van der Waals surface area contributed by atoms with Gasteiger partial charge in [-0.25, -0.2) is 0 Å². The van der Waals surface area contributed by atoms with Crippen LogP contribution in [0.5, 0.6) is 0 Å². The average molecular weight is 1810 g/mol. The number of methoxy groups -OCH3 is 3. The van der Waals surface area contributed by atoms with Crippen molar-refractivity contribution in [2.24, 2.45) is 101 Å². The summed E-state index contributed by atoms with van der Waals surface area (Å²) in [4.78, 5) is 110. The number of carbonyl (C=O) groups is 8. The van der Waals surface area contributed by atoms with Crippen LogP contribution in [0.4, 0.5) is 0 Å². The Balaban J connectivity index is 0.000000115. The third-order valence-electron chi connectivity index (χ3n) is 40.7. The smallest absolute Gasteiger partial charge is 0.308 e. The third-order valence-corrected chi connectivity index (χ3v) is 40.7. The summed E-state index contributed by atoms with van der Waals surface area (Å²) in [5.74, 6) is -9.47. The van der Waals surface area contributed by atoms with Gasteiger partial charge in [-0.2, -0.15) is 0 Å². The van der Waals surface area contributed by atoms with E-state index in [9.17, 15) is 58.8 Å². The van der Waals surface area contributed by atoms with Crippen molar-refractivity contribution in [3.05, 3.63) is 109 Å². The fourth-order valence-electron chi connectivity index (χ4n) is 36.4. The van der Waals surface area contributed by atoms with Gasteiger partial charge >= 0.3 is 23.9 Å². The molecule has 0 amide bonds. The van der Waals surface area contributed by atoms with Gasteiger partial charge in [-0.05, 0) is 93.7 Å². The number of ether oxygens (including phenoxy) is 16. The lowest BCUT2D eigenvalue weighted by molar-refractivity contribution is -0.479. The Morgan fingerprint density at radius 1 is 0.415 bits per heavy atom. The number of aliphatic hydroxyl groups is 4. The average Bonchev–Trinajstić information content (AvgIpc) is 1.41. The highest BCUT2D eigenvalue weighted by molar-refractivity contribution is 6.02. The van der Waals surface area contributed by atoms with E-state index in [-0.39, 0.29) is 80.4 Å². The van der Waals surface area contributed by atoms with Crippen LogP contribution in [0.3, 0.4) is 0 Å². The summed E-state index contributed by atoms with van der Waals surface area (Å²) in [5.41, 5.74) is -24.0. The Kier molecular flexibility index (Phi) is 17.0. The number of Topliss-reactive ketones (excluding diaryl/α,β-unsaturated/α-hetero) is 4. The molecule has 31 heteroatoms. The molecule has 12 aliphatic carbocycles. The first-order valence-corrected chi connectivity index (χ1v) is 46.4. The molecule has 12 saturated carbocycles. The summed E-state index contributed by atoms with van der Waals surface area (Å²) in [7, 11) is 4.06. The molecule has 4 N–H and O–H groups in total. The quantitative estimate of drug-likeness (QED) is 0.0554. The van der Waals surface area contributed by atoms with E-state index in [1.54, 1.807) is 52.8 Å². The molecule has 31 nitrogen and oxygen atoms in total. The molecule has 0 radical (unpaired) electrons. The third kappa shape index (κ3) is 8.59. The predicted molar refractivity (Wildman–Crippen MR) is 443 cm³/mol. The summed E-state index contributed by atoms with van der Waals surface area (Å²) >= 11 is 0. The van der Waals surface area contributed by atoms with Crippen LogP contribution < -0.4 is 0 Å². The van der Waals surface area contributed by atoms with Crippen molar-refractivity contribution >= 4 is 47.0 Å². The number of aliphatic hydroxyl groups excluding tert-OH is 2. The number of esters is 4. The van der Waals surface area contributed by atoms with E-state index in [2.05, 4.69) is 26.7 Å². The minimum Gasteiger partial charge on any atom is -0.491 e. The van der Waals surface area contributed by atoms with Crippen molar-refractivity contribution in [1.29, 1.82) is 0 Å². The molecule has 9 aliphatic heterocycles. The van der Waals surface area contributed by atoms with Gasteiger partial charge in [0, 0.05) is 138 Å². The molecule has 0 aromatic carbocycles. The minimum absolute atomic E-state index is 0.00771. The summed E-state index contributed by atoms with van der Waals surface area (Å²) in [6.07, 6.45) is 6.32. The number of fused-ring (bicyclic) bond motifs is 9. The molecule has 9 saturated heterocycles. The molecule has 704 valence electrons. The standard InChI is InChI=1S/C35H44O10.C34H42O11.C30H36O10/c1-18(2)21(36)15-32-26(39)29(5)17-34(32)30(6,22(29)14-24(37)40-8)33-11-10-28(4,25(38)20-9-12-41-16-20)23-13-19(3)42-27(32)35(23,33)45-31(7,43-33)44-34;1-17(2)24(37)42-25-28(5)16-32-29(6,20(28)14-22(35)39-8)31-11-10-27(4,23(36)19-9-12-40-15-19)21-13-18(3)41-26(33(25,32)38)34(21,31)45-30(7,43-31)44-32;1-15-11-18-23(2,20(32)16-7-10-36-13-16)8-9-27-25(4)17(12-19(31)35-6)24(3)14-28(25)29(34,21(24)33)22(37-15)30(18,27)40-26(5,38-27)39-28/h9,12,16,18,22-23,26-27,39H,3,10-11,13-15,17H2,1-2,4-8H3;9,12,15,17,20-21,25-26,38H,3,10-11,13-14,16H2,1-2,4-8H3;7,10,13,17-18,21-22,33-34H,1,8-9,11-12,14H2,2-6H3. The van der Waals surface area contributed by atoms with Crippen molar-refractivity contribution in [1.82, 2.24) is 0 Å². The van der Waals surface area contributed by atoms with E-state index in [1.807, 2.05) is 69.2 Å². The van der Waals surface area contributed by atoms with E-state index < -0.39 is 236 Å². The maximum atomic E-state index is 14.5. The van der Waals surface area contributed by atoms with Crippen LogP contribution >= 0.6 is 0 Å². The Hall–Kier alpha value is -7.50. The number of allylic oxidation sites excluding steroid dienone is 3. The van der Waals surface area contributed by atoms with E-state index in [1.165, 1.54) is 58.9 Å². The fraction of sp³-hybridized carbons (Fsp3) is 0.737. The van der Waals surface area contributed by atoms with Gasteiger partial charge in [0.2, 0.25) is 0 Å². The zero-order chi connectivity index (χ0) is 93.3. The number of hydrogen-bond acceptors (Lipinski definition) is 31. The van der Waals surface area contributed by atoms with E-state index in [4.69, 9.17) is 89.0 Å². The SMILES string of the molecule is C=C1CC2C(C)(C(=O)c3ccoc3)CCC34OC5(C)OC23C(O1)C1(CC(=O)C(C)C)C(O)C2(C)CC1(O5)C4(C)C2CC(=O)OC.C=C1CC2C(C)(C(=O)c3ccoc3)CCC34OC5(C)OC23C(O1)C1(O)C(O)C2(C)CC1(O5)C4(C)C2CC(=O)OC.C=C1CC2C(C)(C(=O)c3ccoc3)CCC34OC5(C)OC23C(O1)C1(O)C(OC(=O)C(C)C)C2(C)CC1(O5)C4(C)C2CC(=O)OC. The summed E-state index contributed by atoms with van der Waals surface area (Å²) in [6, 6.07) is 4.98. The lowest BCUT2D eigenvalue weighted by Crippen LogP contribution is -2.94. The Morgan fingerprint density at radius 3 is 1.11 bits per heavy atom. The van der Waals surface area contributed by atoms with Gasteiger partial charge in [0.25, 0.3) is 17.9 Å². The first-order valence-electron chi connectivity index (χ1n) is 46.4. The second kappa shape index (κ2) is 25.2. The van der Waals surface area contributed by atoms with E-state index >= 15 is 0 Å². The summed E-state index contributed by atoms with van der Waals surface area (Å²) < 4.78 is 121. The first-order chi connectivity index (χ1) is 60.6. The van der Waals surface area contributed by atoms with Crippen LogP contribution in [0.2, 0.25) is 0 Å². The molecular formula is C99H122O31. The van der Waals surface area contributed by atoms with Gasteiger partial charge in [0.05, 0.1) is 103 Å². The Labute approximate surface area is 753 Å². The van der Waals surface area contributed by atoms with E-state index in [0.29, 0.717) is 85.3 Å². The number of rotatable bonds is 17. The molecule has 12 bridgehead atoms. The van der Waals surface area contributed by atoms with Crippen molar-refractivity contribution in [3.8, 4) is 0 Å². The van der Waals surface area contributed by atoms with Gasteiger partial charge in [0.15, 0.2) is 40.8 Å². The fourth-order valence-corrected chi connectivity index (χ4v) is 36.4. The number of ketones is 4. The Morgan fingerprint density at radius 2 is 0.738 bits per heavy atom. The molecule has 3 aromatic rings. The van der Waals surface area contributed by atoms with Crippen LogP contribution in [-0.4, -0.2) is 205 Å². The highest BCUT2D eigenvalue weighted by Gasteiger charge is 3.08. The highest BCUT2D eigenvalue weighted by Crippen LogP contribution is 2.96. The molecule has 21 aliphatic rings. The molecular weight excluding hydrogens is 1690 g/mol. The van der Waals surface area contributed by atoms with Gasteiger partial charge in [-0.3, -0.25) is 38.4 Å². The largest absolute Gasteiger partial charge is 0.491 e. The maximum Gasteiger partial charge on any atom is 0.308 e. The van der Waals surface area contributed by atoms with Crippen molar-refractivity contribution in [3.63, 3.8) is 0 Å². The van der Waals surface area contributed by atoms with Gasteiger partial charge in [-0.15, -0.1) is 0 Å². The predicted octanol–water partition coefficient (Wildman–Crippen LogP) is 11.7. The number of hydrogen-bond donors (Lipinski definition) is 4. The van der Waals surface area contributed by atoms with Crippen LogP contribution in [0, 0.1) is 101 Å². The van der Waals surface area contributed by atoms with Crippen molar-refractivity contribution in [2.45, 2.75) is 330 Å². The first kappa shape index (κ1) is 87.8. The monoisotopic (exact) mass is 1810 g/mol. The second-order valence-electron chi connectivity index (χ2n) is 45.9. The van der Waals surface area contributed by atoms with Crippen LogP contribution in [0.1, 0.15) is 245 Å². The molecule has 9 spiro atoms. The lowest BCUT2D eigenvalue weighted by Gasteiger charge is -2.78. The number of carbonyl (C=O) groups excluding carboxylic acids is 8. The van der Waals surface area contributed by atoms with Gasteiger partial charge in [-0.1, -0.05) is 110 Å². The molecule has 21 fully saturated rings. The van der Waals surface area contributed by atoms with Gasteiger partial charge in [0.1, 0.15) is 81.6 Å². The van der Waals surface area contributed by atoms with Crippen LogP contribution in [-0.2, 0) is 99.8 Å². The lowest BCUT2D eigenvalue weighted by atomic mass is 9.30. The molecule has 24 rings (SSSR count). The second-order valence-corrected chi connectivity index (χ2v) is 45.9. The van der Waals surface area contributed by atoms with Gasteiger partial charge < -0.3 is 109 Å². The molecule has 36 unspecified atom stereocenters. The summed E-state index contributed by atoms with van der Waals surface area (Å²) in [6.45, 7) is 42.9. The maximum absolute atomic E-state index is 14.5. The van der Waals surface area contributed by atoms with Crippen molar-refractivity contribution < 1.29 is 148 Å². The Bertz CT molecular complexity index is 5550. The normalized spacial score (nSPS) is 54.5.